The van der Waals surface area contributed by atoms with Crippen molar-refractivity contribution in [3.05, 3.63) is 47.6 Å². The first-order chi connectivity index (χ1) is 14.2. The minimum atomic E-state index is -0.692. The van der Waals surface area contributed by atoms with Gasteiger partial charge in [0.1, 0.15) is 18.2 Å². The van der Waals surface area contributed by atoms with Crippen LogP contribution in [-0.4, -0.2) is 51.0 Å². The zero-order valence-corrected chi connectivity index (χ0v) is 17.4. The molecule has 0 radical (unpaired) electrons. The van der Waals surface area contributed by atoms with Gasteiger partial charge in [-0.1, -0.05) is 17.8 Å². The average Bonchev–Trinajstić information content (AvgIpc) is 3.49. The summed E-state index contributed by atoms with van der Waals surface area (Å²) in [6, 6.07) is 9.77. The molecule has 2 atom stereocenters. The van der Waals surface area contributed by atoms with E-state index in [1.807, 2.05) is 17.5 Å². The van der Waals surface area contributed by atoms with Crippen molar-refractivity contribution in [2.24, 2.45) is 0 Å². The summed E-state index contributed by atoms with van der Waals surface area (Å²) in [5, 5.41) is 21.8. The topological polar surface area (TPSA) is 69.4 Å². The molecule has 3 aromatic rings. The van der Waals surface area contributed by atoms with E-state index in [1.165, 1.54) is 23.9 Å². The van der Waals surface area contributed by atoms with Gasteiger partial charge in [-0.2, -0.15) is 0 Å². The van der Waals surface area contributed by atoms with Gasteiger partial charge in [-0.3, -0.25) is 4.57 Å². The molecule has 2 unspecified atom stereocenters. The molecular weight excluding hydrogens is 413 g/mol. The lowest BCUT2D eigenvalue weighted by Crippen LogP contribution is -2.21. The number of ether oxygens (including phenoxy) is 2. The number of benzene rings is 1. The van der Waals surface area contributed by atoms with E-state index >= 15 is 0 Å². The van der Waals surface area contributed by atoms with Crippen LogP contribution >= 0.6 is 23.1 Å². The number of thioether (sulfide) groups is 1. The van der Waals surface area contributed by atoms with E-state index < -0.39 is 6.10 Å². The molecule has 1 aliphatic heterocycles. The van der Waals surface area contributed by atoms with E-state index in [0.717, 1.165) is 35.3 Å². The van der Waals surface area contributed by atoms with Crippen molar-refractivity contribution >= 4 is 23.1 Å². The molecule has 0 amide bonds. The predicted octanol–water partition coefficient (Wildman–Crippen LogP) is 3.86. The smallest absolute Gasteiger partial charge is 0.191 e. The SMILES string of the molecule is OC(COc1ccc(F)cc1)CSc1nnc(-c2cccs2)n1CC1CCCO1. The Kier molecular flexibility index (Phi) is 6.81. The molecule has 1 fully saturated rings. The van der Waals surface area contributed by atoms with Crippen molar-refractivity contribution in [3.63, 3.8) is 0 Å². The van der Waals surface area contributed by atoms with Gasteiger partial charge in [-0.05, 0) is 48.6 Å². The number of nitrogens with zero attached hydrogens (tertiary/aromatic N) is 3. The van der Waals surface area contributed by atoms with Gasteiger partial charge >= 0.3 is 0 Å². The summed E-state index contributed by atoms with van der Waals surface area (Å²) >= 11 is 3.07. The molecule has 0 aliphatic carbocycles. The van der Waals surface area contributed by atoms with Crippen LogP contribution in [0.1, 0.15) is 12.8 Å². The number of hydrogen-bond acceptors (Lipinski definition) is 7. The van der Waals surface area contributed by atoms with Gasteiger partial charge in [0.15, 0.2) is 11.0 Å². The van der Waals surface area contributed by atoms with Crippen molar-refractivity contribution in [1.29, 1.82) is 0 Å². The first-order valence-electron chi connectivity index (χ1n) is 9.47. The number of aromatic nitrogens is 3. The first-order valence-corrected chi connectivity index (χ1v) is 11.3. The van der Waals surface area contributed by atoms with Gasteiger partial charge in [-0.15, -0.1) is 21.5 Å². The fourth-order valence-electron chi connectivity index (χ4n) is 3.08. The molecule has 6 nitrogen and oxygen atoms in total. The molecule has 154 valence electrons. The Labute approximate surface area is 176 Å². The Balaban J connectivity index is 1.38. The van der Waals surface area contributed by atoms with Crippen LogP contribution < -0.4 is 4.74 Å². The fraction of sp³-hybridized carbons (Fsp3) is 0.400. The summed E-state index contributed by atoms with van der Waals surface area (Å²) in [5.41, 5.74) is 0. The van der Waals surface area contributed by atoms with Gasteiger partial charge in [-0.25, -0.2) is 4.39 Å². The third-order valence-corrected chi connectivity index (χ3v) is 6.51. The minimum Gasteiger partial charge on any atom is -0.491 e. The van der Waals surface area contributed by atoms with Crippen molar-refractivity contribution in [2.75, 3.05) is 19.0 Å². The second-order valence-corrected chi connectivity index (χ2v) is 8.69. The van der Waals surface area contributed by atoms with Crippen LogP contribution in [0.3, 0.4) is 0 Å². The van der Waals surface area contributed by atoms with E-state index in [1.54, 1.807) is 23.5 Å². The number of rotatable bonds is 9. The molecule has 4 rings (SSSR count). The third kappa shape index (κ3) is 5.36. The van der Waals surface area contributed by atoms with E-state index in [9.17, 15) is 9.50 Å². The minimum absolute atomic E-state index is 0.121. The highest BCUT2D eigenvalue weighted by molar-refractivity contribution is 7.99. The third-order valence-electron chi connectivity index (χ3n) is 4.53. The molecular formula is C20H22FN3O3S2. The predicted molar refractivity (Wildman–Crippen MR) is 111 cm³/mol. The first kappa shape index (κ1) is 20.3. The summed E-state index contributed by atoms with van der Waals surface area (Å²) in [6.07, 6.45) is 1.57. The Morgan fingerprint density at radius 1 is 1.31 bits per heavy atom. The molecule has 29 heavy (non-hydrogen) atoms. The molecule has 0 bridgehead atoms. The summed E-state index contributed by atoms with van der Waals surface area (Å²) in [6.45, 7) is 1.62. The molecule has 1 aromatic carbocycles. The second kappa shape index (κ2) is 9.71. The Morgan fingerprint density at radius 3 is 2.90 bits per heavy atom. The summed E-state index contributed by atoms with van der Waals surface area (Å²) < 4.78 is 26.4. The van der Waals surface area contributed by atoms with E-state index in [4.69, 9.17) is 9.47 Å². The molecule has 9 heteroatoms. The molecule has 1 saturated heterocycles. The van der Waals surface area contributed by atoms with Gasteiger partial charge < -0.3 is 14.6 Å². The number of halogens is 1. The zero-order chi connectivity index (χ0) is 20.1. The monoisotopic (exact) mass is 435 g/mol. The standard InChI is InChI=1S/C20H22FN3O3S2/c21-14-5-7-16(8-6-14)27-12-15(25)13-29-20-23-22-19(18-4-2-10-28-18)24(20)11-17-3-1-9-26-17/h2,4-8,10,15,17,25H,1,3,9,11-13H2. The number of aliphatic hydroxyl groups excluding tert-OH is 1. The Bertz CT molecular complexity index is 896. The van der Waals surface area contributed by atoms with Crippen molar-refractivity contribution in [1.82, 2.24) is 14.8 Å². The van der Waals surface area contributed by atoms with Crippen LogP contribution in [0.15, 0.2) is 46.9 Å². The van der Waals surface area contributed by atoms with Gasteiger partial charge in [0, 0.05) is 12.4 Å². The summed E-state index contributed by atoms with van der Waals surface area (Å²) in [4.78, 5) is 1.06. The lowest BCUT2D eigenvalue weighted by atomic mass is 10.2. The van der Waals surface area contributed by atoms with Crippen LogP contribution in [0.5, 0.6) is 5.75 Å². The van der Waals surface area contributed by atoms with Crippen molar-refractivity contribution < 1.29 is 19.0 Å². The van der Waals surface area contributed by atoms with E-state index in [-0.39, 0.29) is 18.5 Å². The number of hydrogen-bond donors (Lipinski definition) is 1. The molecule has 1 N–H and O–H groups in total. The van der Waals surface area contributed by atoms with Crippen LogP contribution in [0.25, 0.3) is 10.7 Å². The van der Waals surface area contributed by atoms with Crippen molar-refractivity contribution in [2.45, 2.75) is 36.8 Å². The highest BCUT2D eigenvalue weighted by Gasteiger charge is 2.22. The van der Waals surface area contributed by atoms with Gasteiger partial charge in [0.2, 0.25) is 0 Å². The molecule has 0 saturated carbocycles. The normalized spacial score (nSPS) is 17.5. The molecule has 2 aromatic heterocycles. The molecule has 3 heterocycles. The summed E-state index contributed by atoms with van der Waals surface area (Å²) in [5.74, 6) is 1.45. The lowest BCUT2D eigenvalue weighted by Gasteiger charge is -2.15. The maximum atomic E-state index is 12.9. The lowest BCUT2D eigenvalue weighted by molar-refractivity contribution is 0.0953. The largest absolute Gasteiger partial charge is 0.491 e. The highest BCUT2D eigenvalue weighted by atomic mass is 32.2. The maximum absolute atomic E-state index is 12.9. The highest BCUT2D eigenvalue weighted by Crippen LogP contribution is 2.29. The second-order valence-electron chi connectivity index (χ2n) is 6.76. The Hall–Kier alpha value is -1.94. The fourth-order valence-corrected chi connectivity index (χ4v) is 4.65. The van der Waals surface area contributed by atoms with Crippen molar-refractivity contribution in [3.8, 4) is 16.5 Å². The number of thiophene rings is 1. The quantitative estimate of drug-likeness (QED) is 0.515. The van der Waals surface area contributed by atoms with Gasteiger partial charge in [0.05, 0.1) is 23.6 Å². The van der Waals surface area contributed by atoms with Crippen LogP contribution in [0.2, 0.25) is 0 Å². The summed E-state index contributed by atoms with van der Waals surface area (Å²) in [7, 11) is 0. The number of aliphatic hydroxyl groups is 1. The van der Waals surface area contributed by atoms with E-state index in [2.05, 4.69) is 14.8 Å². The maximum Gasteiger partial charge on any atom is 0.191 e. The van der Waals surface area contributed by atoms with E-state index in [0.29, 0.717) is 18.0 Å². The molecule has 0 spiro atoms. The zero-order valence-electron chi connectivity index (χ0n) is 15.7. The molecule has 1 aliphatic rings. The Morgan fingerprint density at radius 2 is 2.17 bits per heavy atom. The van der Waals surface area contributed by atoms with Crippen LogP contribution in [0, 0.1) is 5.82 Å². The van der Waals surface area contributed by atoms with Gasteiger partial charge in [0.25, 0.3) is 0 Å². The average molecular weight is 436 g/mol. The van der Waals surface area contributed by atoms with Crippen LogP contribution in [0.4, 0.5) is 4.39 Å². The van der Waals surface area contributed by atoms with Crippen LogP contribution in [-0.2, 0) is 11.3 Å².